The van der Waals surface area contributed by atoms with Crippen LogP contribution in [0.2, 0.25) is 10.0 Å². The number of amides is 2. The zero-order chi connectivity index (χ0) is 24.0. The molecule has 3 rings (SSSR count). The van der Waals surface area contributed by atoms with Crippen molar-refractivity contribution in [3.63, 3.8) is 0 Å². The predicted molar refractivity (Wildman–Crippen MR) is 133 cm³/mol. The van der Waals surface area contributed by atoms with Gasteiger partial charge >= 0.3 is 0 Å². The van der Waals surface area contributed by atoms with E-state index in [0.29, 0.717) is 39.3 Å². The molecule has 0 heterocycles. The number of carbonyl (C=O) groups is 2. The molecular formula is C25H25Cl2N3O3. The van der Waals surface area contributed by atoms with Crippen LogP contribution in [0.1, 0.15) is 22.8 Å². The van der Waals surface area contributed by atoms with E-state index in [-0.39, 0.29) is 11.8 Å². The summed E-state index contributed by atoms with van der Waals surface area (Å²) in [5.74, 6) is 0.123. The number of nitrogens with zero attached hydrogens (tertiary/aromatic N) is 1. The van der Waals surface area contributed by atoms with Gasteiger partial charge in [0, 0.05) is 17.8 Å². The van der Waals surface area contributed by atoms with E-state index in [1.54, 1.807) is 49.6 Å². The van der Waals surface area contributed by atoms with Gasteiger partial charge in [-0.15, -0.1) is 0 Å². The van der Waals surface area contributed by atoms with E-state index in [2.05, 4.69) is 10.6 Å². The normalized spacial score (nSPS) is 11.7. The fourth-order valence-electron chi connectivity index (χ4n) is 3.17. The van der Waals surface area contributed by atoms with Crippen LogP contribution < -0.4 is 15.4 Å². The van der Waals surface area contributed by atoms with E-state index < -0.39 is 6.04 Å². The molecule has 1 unspecified atom stereocenters. The topological polar surface area (TPSA) is 70.7 Å². The highest BCUT2D eigenvalue weighted by Gasteiger charge is 2.20. The molecule has 0 radical (unpaired) electrons. The van der Waals surface area contributed by atoms with E-state index in [0.717, 1.165) is 5.56 Å². The van der Waals surface area contributed by atoms with Crippen molar-refractivity contribution in [2.75, 3.05) is 24.8 Å². The van der Waals surface area contributed by atoms with Crippen LogP contribution in [-0.4, -0.2) is 36.9 Å². The summed E-state index contributed by atoms with van der Waals surface area (Å²) in [6, 6.07) is 18.9. The van der Waals surface area contributed by atoms with Crippen molar-refractivity contribution in [1.29, 1.82) is 0 Å². The molecule has 172 valence electrons. The first-order chi connectivity index (χ1) is 15.8. The lowest BCUT2D eigenvalue weighted by atomic mass is 10.1. The molecule has 0 saturated heterocycles. The Bertz CT molecular complexity index is 1140. The number of carbonyl (C=O) groups excluding carboxylic acids is 2. The van der Waals surface area contributed by atoms with Crippen LogP contribution in [0.15, 0.2) is 66.7 Å². The van der Waals surface area contributed by atoms with Crippen molar-refractivity contribution < 1.29 is 14.3 Å². The molecule has 0 spiro atoms. The number of halogens is 2. The molecule has 0 aliphatic rings. The highest BCUT2D eigenvalue weighted by molar-refractivity contribution is 6.42. The number of ether oxygens (including phenoxy) is 1. The number of rotatable bonds is 8. The average Bonchev–Trinajstić information content (AvgIpc) is 2.82. The summed E-state index contributed by atoms with van der Waals surface area (Å²) in [4.78, 5) is 27.2. The van der Waals surface area contributed by atoms with Crippen LogP contribution in [-0.2, 0) is 11.3 Å². The van der Waals surface area contributed by atoms with Gasteiger partial charge in [-0.1, -0.05) is 47.5 Å². The largest absolute Gasteiger partial charge is 0.495 e. The first-order valence-corrected chi connectivity index (χ1v) is 11.0. The fourth-order valence-corrected chi connectivity index (χ4v) is 3.55. The molecule has 0 aromatic heterocycles. The van der Waals surface area contributed by atoms with Gasteiger partial charge in [-0.25, -0.2) is 0 Å². The van der Waals surface area contributed by atoms with Gasteiger partial charge in [0.05, 0.1) is 28.9 Å². The third-order valence-corrected chi connectivity index (χ3v) is 6.12. The number of benzene rings is 3. The monoisotopic (exact) mass is 485 g/mol. The number of hydrogen-bond acceptors (Lipinski definition) is 4. The van der Waals surface area contributed by atoms with Gasteiger partial charge in [0.25, 0.3) is 5.91 Å². The number of likely N-dealkylation sites (N-methyl/N-ethyl adjacent to an activating group) is 1. The molecule has 0 fully saturated rings. The Morgan fingerprint density at radius 3 is 2.36 bits per heavy atom. The standard InChI is InChI=1S/C25H25Cl2N3O3/c1-16(30(2)15-18-7-6-8-20(26)23(18)27)24(31)28-19-13-11-17(12-14-19)25(32)29-21-9-4-5-10-22(21)33-3/h4-14,16H,15H2,1-3H3,(H,28,31)(H,29,32). The molecular weight excluding hydrogens is 461 g/mol. The highest BCUT2D eigenvalue weighted by atomic mass is 35.5. The van der Waals surface area contributed by atoms with E-state index in [1.807, 2.05) is 43.1 Å². The van der Waals surface area contributed by atoms with Crippen LogP contribution >= 0.6 is 23.2 Å². The lowest BCUT2D eigenvalue weighted by Crippen LogP contribution is -2.39. The number of hydrogen-bond donors (Lipinski definition) is 2. The Hall–Kier alpha value is -3.06. The molecule has 0 saturated carbocycles. The first kappa shape index (κ1) is 24.6. The summed E-state index contributed by atoms with van der Waals surface area (Å²) in [5, 5.41) is 6.67. The summed E-state index contributed by atoms with van der Waals surface area (Å²) in [6.45, 7) is 2.28. The van der Waals surface area contributed by atoms with E-state index >= 15 is 0 Å². The maximum absolute atomic E-state index is 12.7. The minimum absolute atomic E-state index is 0.179. The molecule has 2 N–H and O–H groups in total. The Morgan fingerprint density at radius 2 is 1.67 bits per heavy atom. The van der Waals surface area contributed by atoms with Gasteiger partial charge < -0.3 is 15.4 Å². The van der Waals surface area contributed by atoms with E-state index in [4.69, 9.17) is 27.9 Å². The predicted octanol–water partition coefficient (Wildman–Crippen LogP) is 5.71. The van der Waals surface area contributed by atoms with Gasteiger partial charge in [-0.3, -0.25) is 14.5 Å². The zero-order valence-electron chi connectivity index (χ0n) is 18.6. The van der Waals surface area contributed by atoms with Gasteiger partial charge in [0.15, 0.2) is 0 Å². The second-order valence-corrected chi connectivity index (χ2v) is 8.31. The second kappa shape index (κ2) is 11.2. The molecule has 1 atom stereocenters. The number of anilines is 2. The summed E-state index contributed by atoms with van der Waals surface area (Å²) in [5.41, 5.74) is 2.48. The molecule has 3 aromatic carbocycles. The van der Waals surface area contributed by atoms with Crippen LogP contribution in [0.25, 0.3) is 0 Å². The minimum atomic E-state index is -0.423. The molecule has 33 heavy (non-hydrogen) atoms. The van der Waals surface area contributed by atoms with E-state index in [1.165, 1.54) is 0 Å². The van der Waals surface area contributed by atoms with Gasteiger partial charge in [-0.2, -0.15) is 0 Å². The van der Waals surface area contributed by atoms with Crippen molar-refractivity contribution in [3.8, 4) is 5.75 Å². The first-order valence-electron chi connectivity index (χ1n) is 10.3. The molecule has 0 aliphatic carbocycles. The average molecular weight is 486 g/mol. The Labute approximate surface area is 203 Å². The lowest BCUT2D eigenvalue weighted by Gasteiger charge is -2.24. The third kappa shape index (κ3) is 6.26. The summed E-state index contributed by atoms with van der Waals surface area (Å²) >= 11 is 12.3. The summed E-state index contributed by atoms with van der Waals surface area (Å²) in [6.07, 6.45) is 0. The third-order valence-electron chi connectivity index (χ3n) is 5.26. The van der Waals surface area contributed by atoms with Crippen molar-refractivity contribution in [3.05, 3.63) is 87.9 Å². The SMILES string of the molecule is COc1ccccc1NC(=O)c1ccc(NC(=O)C(C)N(C)Cc2cccc(Cl)c2Cl)cc1. The number of methoxy groups -OCH3 is 1. The quantitative estimate of drug-likeness (QED) is 0.428. The van der Waals surface area contributed by atoms with Gasteiger partial charge in [-0.05, 0) is 62.0 Å². The second-order valence-electron chi connectivity index (χ2n) is 7.53. The lowest BCUT2D eigenvalue weighted by molar-refractivity contribution is -0.120. The van der Waals surface area contributed by atoms with Gasteiger partial charge in [0.2, 0.25) is 5.91 Å². The van der Waals surface area contributed by atoms with Crippen LogP contribution in [0.5, 0.6) is 5.75 Å². The van der Waals surface area contributed by atoms with Crippen molar-refractivity contribution in [2.24, 2.45) is 0 Å². The highest BCUT2D eigenvalue weighted by Crippen LogP contribution is 2.27. The molecule has 8 heteroatoms. The minimum Gasteiger partial charge on any atom is -0.495 e. The van der Waals surface area contributed by atoms with E-state index in [9.17, 15) is 9.59 Å². The van der Waals surface area contributed by atoms with Gasteiger partial charge in [0.1, 0.15) is 5.75 Å². The van der Waals surface area contributed by atoms with Crippen molar-refractivity contribution in [1.82, 2.24) is 4.90 Å². The molecule has 2 amide bonds. The molecule has 0 bridgehead atoms. The molecule has 3 aromatic rings. The summed E-state index contributed by atoms with van der Waals surface area (Å²) in [7, 11) is 3.39. The summed E-state index contributed by atoms with van der Waals surface area (Å²) < 4.78 is 5.26. The van der Waals surface area contributed by atoms with Crippen LogP contribution in [0, 0.1) is 0 Å². The molecule has 0 aliphatic heterocycles. The maximum Gasteiger partial charge on any atom is 0.255 e. The zero-order valence-corrected chi connectivity index (χ0v) is 20.1. The number of nitrogens with one attached hydrogen (secondary N) is 2. The smallest absolute Gasteiger partial charge is 0.255 e. The number of para-hydroxylation sites is 2. The Morgan fingerprint density at radius 1 is 0.970 bits per heavy atom. The van der Waals surface area contributed by atoms with Crippen molar-refractivity contribution >= 4 is 46.4 Å². The Balaban J connectivity index is 1.60. The van der Waals surface area contributed by atoms with Crippen molar-refractivity contribution in [2.45, 2.75) is 19.5 Å². The fraction of sp³-hybridized carbons (Fsp3) is 0.200. The van der Waals surface area contributed by atoms with Crippen LogP contribution in [0.3, 0.4) is 0 Å². The maximum atomic E-state index is 12.7. The molecule has 6 nitrogen and oxygen atoms in total. The van der Waals surface area contributed by atoms with Crippen LogP contribution in [0.4, 0.5) is 11.4 Å². The Kier molecular flexibility index (Phi) is 8.33.